The molecular weight excluding hydrogens is 272 g/mol. The molecule has 0 aliphatic carbocycles. The molecule has 0 aliphatic heterocycles. The fraction of sp³-hybridized carbons (Fsp3) is 0.267. The van der Waals surface area contributed by atoms with Crippen molar-refractivity contribution in [3.8, 4) is 0 Å². The van der Waals surface area contributed by atoms with Crippen LogP contribution in [0.2, 0.25) is 0 Å². The molecule has 6 heteroatoms. The Kier molecular flexibility index (Phi) is 6.13. The molecule has 0 atom stereocenters. The molecule has 6 nitrogen and oxygen atoms in total. The Morgan fingerprint density at radius 3 is 2.57 bits per heavy atom. The predicted molar refractivity (Wildman–Crippen MR) is 79.0 cm³/mol. The van der Waals surface area contributed by atoms with Gasteiger partial charge in [0, 0.05) is 29.9 Å². The molecule has 0 saturated carbocycles. The van der Waals surface area contributed by atoms with Crippen molar-refractivity contribution < 1.29 is 19.5 Å². The van der Waals surface area contributed by atoms with Crippen LogP contribution < -0.4 is 10.6 Å². The number of hydrogen-bond donors (Lipinski definition) is 3. The number of carboxylic acid groups (broad SMARTS) is 1. The molecule has 1 aromatic carbocycles. The third kappa shape index (κ3) is 6.38. The summed E-state index contributed by atoms with van der Waals surface area (Å²) in [6.45, 7) is 4.55. The van der Waals surface area contributed by atoms with Crippen molar-refractivity contribution in [2.24, 2.45) is 5.92 Å². The largest absolute Gasteiger partial charge is 0.478 e. The minimum absolute atomic E-state index is 0.221. The number of carbonyl (C=O) groups excluding carboxylic acids is 2. The van der Waals surface area contributed by atoms with Crippen molar-refractivity contribution in [1.82, 2.24) is 5.32 Å². The molecule has 1 rings (SSSR count). The van der Waals surface area contributed by atoms with Gasteiger partial charge in [-0.05, 0) is 24.1 Å². The Labute approximate surface area is 122 Å². The van der Waals surface area contributed by atoms with Crippen molar-refractivity contribution in [1.29, 1.82) is 0 Å². The second kappa shape index (κ2) is 7.84. The van der Waals surface area contributed by atoms with Crippen LogP contribution in [0.3, 0.4) is 0 Å². The van der Waals surface area contributed by atoms with Gasteiger partial charge in [-0.1, -0.05) is 19.9 Å². The predicted octanol–water partition coefficient (Wildman–Crippen LogP) is 1.65. The average molecular weight is 290 g/mol. The minimum atomic E-state index is -1.20. The maximum Gasteiger partial charge on any atom is 0.328 e. The van der Waals surface area contributed by atoms with Gasteiger partial charge in [-0.25, -0.2) is 4.79 Å². The van der Waals surface area contributed by atoms with Gasteiger partial charge in [0.15, 0.2) is 0 Å². The first-order valence-corrected chi connectivity index (χ1v) is 6.48. The molecule has 0 aliphatic rings. The number of benzene rings is 1. The van der Waals surface area contributed by atoms with E-state index in [4.69, 9.17) is 5.11 Å². The Balaban J connectivity index is 2.70. The number of carboxylic acids is 1. The monoisotopic (exact) mass is 290 g/mol. The fourth-order valence-corrected chi connectivity index (χ4v) is 1.47. The molecule has 0 bridgehead atoms. The third-order valence-electron chi connectivity index (χ3n) is 2.44. The normalized spacial score (nSPS) is 10.6. The molecule has 112 valence electrons. The molecule has 1 aromatic rings. The zero-order valence-corrected chi connectivity index (χ0v) is 11.9. The van der Waals surface area contributed by atoms with Gasteiger partial charge in [-0.3, -0.25) is 9.59 Å². The summed E-state index contributed by atoms with van der Waals surface area (Å²) in [5, 5.41) is 13.7. The zero-order valence-electron chi connectivity index (χ0n) is 11.9. The summed E-state index contributed by atoms with van der Waals surface area (Å²) in [7, 11) is 0. The standard InChI is InChI=1S/C15H18N2O4/c1-10(2)9-16-15(21)11-4-3-5-12(8-11)17-13(18)6-7-14(19)20/h3-8,10H,9H2,1-2H3,(H,16,21)(H,17,18)(H,19,20)/b7-6+. The van der Waals surface area contributed by atoms with Gasteiger partial charge in [-0.15, -0.1) is 0 Å². The van der Waals surface area contributed by atoms with Crippen LogP contribution in [0.1, 0.15) is 24.2 Å². The van der Waals surface area contributed by atoms with Gasteiger partial charge in [-0.2, -0.15) is 0 Å². The SMILES string of the molecule is CC(C)CNC(=O)c1cccc(NC(=O)/C=C/C(=O)O)c1. The smallest absolute Gasteiger partial charge is 0.328 e. The zero-order chi connectivity index (χ0) is 15.8. The molecule has 0 heterocycles. The van der Waals surface area contributed by atoms with E-state index in [-0.39, 0.29) is 5.91 Å². The van der Waals surface area contributed by atoms with Crippen LogP contribution in [-0.2, 0) is 9.59 Å². The molecule has 0 aromatic heterocycles. The van der Waals surface area contributed by atoms with Crippen molar-refractivity contribution in [3.63, 3.8) is 0 Å². The topological polar surface area (TPSA) is 95.5 Å². The Hall–Kier alpha value is -2.63. The molecule has 0 unspecified atom stereocenters. The van der Waals surface area contributed by atoms with Gasteiger partial charge < -0.3 is 15.7 Å². The van der Waals surface area contributed by atoms with Gasteiger partial charge in [0.25, 0.3) is 5.91 Å². The molecular formula is C15H18N2O4. The average Bonchev–Trinajstić information content (AvgIpc) is 2.42. The van der Waals surface area contributed by atoms with Crippen LogP contribution in [-0.4, -0.2) is 29.4 Å². The van der Waals surface area contributed by atoms with Gasteiger partial charge in [0.1, 0.15) is 0 Å². The first kappa shape index (κ1) is 16.4. The van der Waals surface area contributed by atoms with Crippen LogP contribution in [0.5, 0.6) is 0 Å². The van der Waals surface area contributed by atoms with Crippen LogP contribution in [0, 0.1) is 5.92 Å². The van der Waals surface area contributed by atoms with Gasteiger partial charge >= 0.3 is 5.97 Å². The van der Waals surface area contributed by atoms with E-state index in [1.807, 2.05) is 13.8 Å². The summed E-state index contributed by atoms with van der Waals surface area (Å²) in [5.74, 6) is -1.65. The van der Waals surface area contributed by atoms with Crippen molar-refractivity contribution >= 4 is 23.5 Å². The number of nitrogens with one attached hydrogen (secondary N) is 2. The van der Waals surface area contributed by atoms with E-state index in [0.29, 0.717) is 23.7 Å². The summed E-state index contributed by atoms with van der Waals surface area (Å²) >= 11 is 0. The van der Waals surface area contributed by atoms with Crippen molar-refractivity contribution in [2.75, 3.05) is 11.9 Å². The summed E-state index contributed by atoms with van der Waals surface area (Å²) in [5.41, 5.74) is 0.850. The van der Waals surface area contributed by atoms with Gasteiger partial charge in [0.05, 0.1) is 0 Å². The maximum atomic E-state index is 11.9. The number of carbonyl (C=O) groups is 3. The summed E-state index contributed by atoms with van der Waals surface area (Å²) in [6.07, 6.45) is 1.66. The van der Waals surface area contributed by atoms with E-state index >= 15 is 0 Å². The second-order valence-electron chi connectivity index (χ2n) is 4.85. The molecule has 0 fully saturated rings. The van der Waals surface area contributed by atoms with E-state index in [2.05, 4.69) is 10.6 Å². The molecule has 0 spiro atoms. The minimum Gasteiger partial charge on any atom is -0.478 e. The second-order valence-corrected chi connectivity index (χ2v) is 4.85. The third-order valence-corrected chi connectivity index (χ3v) is 2.44. The van der Waals surface area contributed by atoms with E-state index in [1.165, 1.54) is 6.07 Å². The number of hydrogen-bond acceptors (Lipinski definition) is 3. The van der Waals surface area contributed by atoms with E-state index in [1.54, 1.807) is 18.2 Å². The quantitative estimate of drug-likeness (QED) is 0.694. The van der Waals surface area contributed by atoms with E-state index < -0.39 is 11.9 Å². The number of anilines is 1. The summed E-state index contributed by atoms with van der Waals surface area (Å²) < 4.78 is 0. The van der Waals surface area contributed by atoms with E-state index in [0.717, 1.165) is 12.2 Å². The van der Waals surface area contributed by atoms with Crippen molar-refractivity contribution in [3.05, 3.63) is 42.0 Å². The first-order chi connectivity index (χ1) is 9.88. The lowest BCUT2D eigenvalue weighted by atomic mass is 10.1. The van der Waals surface area contributed by atoms with Crippen LogP contribution >= 0.6 is 0 Å². The van der Waals surface area contributed by atoms with Crippen molar-refractivity contribution in [2.45, 2.75) is 13.8 Å². The van der Waals surface area contributed by atoms with Crippen LogP contribution in [0.15, 0.2) is 36.4 Å². The number of rotatable bonds is 6. The van der Waals surface area contributed by atoms with Gasteiger partial charge in [0.2, 0.25) is 5.91 Å². The first-order valence-electron chi connectivity index (χ1n) is 6.48. The molecule has 3 N–H and O–H groups in total. The van der Waals surface area contributed by atoms with Crippen LogP contribution in [0.4, 0.5) is 5.69 Å². The highest BCUT2D eigenvalue weighted by atomic mass is 16.4. The molecule has 2 amide bonds. The van der Waals surface area contributed by atoms with E-state index in [9.17, 15) is 14.4 Å². The Morgan fingerprint density at radius 2 is 1.95 bits per heavy atom. The van der Waals surface area contributed by atoms with Crippen LogP contribution in [0.25, 0.3) is 0 Å². The highest BCUT2D eigenvalue weighted by Gasteiger charge is 2.07. The lowest BCUT2D eigenvalue weighted by Gasteiger charge is -2.09. The molecule has 0 radical (unpaired) electrons. The summed E-state index contributed by atoms with van der Waals surface area (Å²) in [6, 6.07) is 6.42. The Bertz CT molecular complexity index is 565. The summed E-state index contributed by atoms with van der Waals surface area (Å²) in [4.78, 5) is 33.6. The molecule has 21 heavy (non-hydrogen) atoms. The lowest BCUT2D eigenvalue weighted by Crippen LogP contribution is -2.27. The number of aliphatic carboxylic acids is 1. The molecule has 0 saturated heterocycles. The number of amides is 2. The highest BCUT2D eigenvalue weighted by Crippen LogP contribution is 2.11. The fourth-order valence-electron chi connectivity index (χ4n) is 1.47. The maximum absolute atomic E-state index is 11.9. The highest BCUT2D eigenvalue weighted by molar-refractivity contribution is 6.03. The Morgan fingerprint density at radius 1 is 1.24 bits per heavy atom. The lowest BCUT2D eigenvalue weighted by molar-refractivity contribution is -0.131.